The van der Waals surface area contributed by atoms with E-state index in [1.54, 1.807) is 31.2 Å². The predicted octanol–water partition coefficient (Wildman–Crippen LogP) is 1.94. The summed E-state index contributed by atoms with van der Waals surface area (Å²) < 4.78 is 5.47. The third-order valence-corrected chi connectivity index (χ3v) is 3.11. The second kappa shape index (κ2) is 6.41. The highest BCUT2D eigenvalue weighted by molar-refractivity contribution is 6.32. The summed E-state index contributed by atoms with van der Waals surface area (Å²) in [4.78, 5) is 29.2. The van der Waals surface area contributed by atoms with Crippen molar-refractivity contribution in [2.45, 2.75) is 20.0 Å². The van der Waals surface area contributed by atoms with Crippen LogP contribution in [0.2, 0.25) is 5.02 Å². The minimum Gasteiger partial charge on any atom is -0.484 e. The largest absolute Gasteiger partial charge is 0.484 e. The lowest BCUT2D eigenvalue weighted by Crippen LogP contribution is -2.22. The maximum atomic E-state index is 11.8. The zero-order valence-electron chi connectivity index (χ0n) is 11.2. The topological polar surface area (TPSA) is 92.3 Å². The lowest BCUT2D eigenvalue weighted by Gasteiger charge is -2.09. The predicted molar refractivity (Wildman–Crippen MR) is 76.7 cm³/mol. The van der Waals surface area contributed by atoms with Crippen molar-refractivity contribution < 1.29 is 14.6 Å². The zero-order chi connectivity index (χ0) is 15.4. The van der Waals surface area contributed by atoms with Gasteiger partial charge in [0.15, 0.2) is 0 Å². The van der Waals surface area contributed by atoms with E-state index in [1.807, 2.05) is 0 Å². The molecule has 110 valence electrons. The summed E-state index contributed by atoms with van der Waals surface area (Å²) >= 11 is 5.95. The summed E-state index contributed by atoms with van der Waals surface area (Å²) in [6, 6.07) is 6.94. The van der Waals surface area contributed by atoms with Crippen LogP contribution >= 0.6 is 11.6 Å². The van der Waals surface area contributed by atoms with Gasteiger partial charge in [0.2, 0.25) is 0 Å². The molecule has 21 heavy (non-hydrogen) atoms. The minimum atomic E-state index is -1.08. The van der Waals surface area contributed by atoms with Crippen molar-refractivity contribution in [1.82, 2.24) is 9.97 Å². The number of para-hydroxylation sites is 1. The lowest BCUT2D eigenvalue weighted by atomic mass is 10.2. The average Bonchev–Trinajstić information content (AvgIpc) is 2.42. The average molecular weight is 309 g/mol. The van der Waals surface area contributed by atoms with Gasteiger partial charge in [0.25, 0.3) is 5.56 Å². The Kier molecular flexibility index (Phi) is 4.59. The molecule has 0 saturated heterocycles. The van der Waals surface area contributed by atoms with Gasteiger partial charge in [0, 0.05) is 11.3 Å². The van der Waals surface area contributed by atoms with Crippen LogP contribution in [0, 0.1) is 6.92 Å². The first-order chi connectivity index (χ1) is 9.97. The van der Waals surface area contributed by atoms with Gasteiger partial charge in [0.1, 0.15) is 18.2 Å². The smallest absolute Gasteiger partial charge is 0.308 e. The second-order valence-electron chi connectivity index (χ2n) is 4.37. The fourth-order valence-corrected chi connectivity index (χ4v) is 1.99. The van der Waals surface area contributed by atoms with E-state index in [-0.39, 0.29) is 18.6 Å². The number of aliphatic carboxylic acids is 1. The number of aromatic amines is 1. The van der Waals surface area contributed by atoms with Gasteiger partial charge in [-0.1, -0.05) is 23.7 Å². The van der Waals surface area contributed by atoms with E-state index >= 15 is 0 Å². The number of nitrogens with zero attached hydrogens (tertiary/aromatic N) is 1. The number of hydrogen-bond acceptors (Lipinski definition) is 4. The van der Waals surface area contributed by atoms with Gasteiger partial charge in [-0.25, -0.2) is 4.98 Å². The SMILES string of the molecule is Cc1nc(COc2ccccc2Cl)[nH]c(=O)c1CC(=O)O. The molecule has 0 bridgehead atoms. The van der Waals surface area contributed by atoms with Crippen molar-refractivity contribution in [2.24, 2.45) is 0 Å². The van der Waals surface area contributed by atoms with Crippen LogP contribution < -0.4 is 10.3 Å². The molecule has 7 heteroatoms. The number of halogens is 1. The fraction of sp³-hybridized carbons (Fsp3) is 0.214. The first-order valence-corrected chi connectivity index (χ1v) is 6.53. The molecular formula is C14H13ClN2O4. The molecule has 2 aromatic rings. The molecule has 0 aliphatic heterocycles. The molecule has 0 radical (unpaired) electrons. The Morgan fingerprint density at radius 3 is 2.76 bits per heavy atom. The van der Waals surface area contributed by atoms with Gasteiger partial charge < -0.3 is 14.8 Å². The third-order valence-electron chi connectivity index (χ3n) is 2.80. The molecule has 0 aliphatic carbocycles. The number of ether oxygens (including phenoxy) is 1. The maximum Gasteiger partial charge on any atom is 0.308 e. The highest BCUT2D eigenvalue weighted by Crippen LogP contribution is 2.23. The molecule has 0 aliphatic rings. The molecule has 0 spiro atoms. The molecular weight excluding hydrogens is 296 g/mol. The number of H-pyrrole nitrogens is 1. The molecule has 0 saturated carbocycles. The quantitative estimate of drug-likeness (QED) is 0.880. The number of aromatic nitrogens is 2. The minimum absolute atomic E-state index is 0.0349. The molecule has 0 atom stereocenters. The van der Waals surface area contributed by atoms with E-state index < -0.39 is 11.5 Å². The van der Waals surface area contributed by atoms with E-state index in [4.69, 9.17) is 21.4 Å². The Morgan fingerprint density at radius 2 is 2.14 bits per heavy atom. The van der Waals surface area contributed by atoms with Crippen molar-refractivity contribution in [3.8, 4) is 5.75 Å². The highest BCUT2D eigenvalue weighted by atomic mass is 35.5. The van der Waals surface area contributed by atoms with Gasteiger partial charge in [-0.2, -0.15) is 0 Å². The van der Waals surface area contributed by atoms with E-state index in [0.29, 0.717) is 22.3 Å². The van der Waals surface area contributed by atoms with Gasteiger partial charge in [-0.15, -0.1) is 0 Å². The molecule has 2 N–H and O–H groups in total. The molecule has 1 aromatic heterocycles. The fourth-order valence-electron chi connectivity index (χ4n) is 1.80. The third kappa shape index (κ3) is 3.82. The highest BCUT2D eigenvalue weighted by Gasteiger charge is 2.12. The molecule has 1 aromatic carbocycles. The molecule has 6 nitrogen and oxygen atoms in total. The molecule has 2 rings (SSSR count). The first kappa shape index (κ1) is 15.1. The molecule has 0 unspecified atom stereocenters. The lowest BCUT2D eigenvalue weighted by molar-refractivity contribution is -0.136. The van der Waals surface area contributed by atoms with Crippen LogP contribution in [-0.4, -0.2) is 21.0 Å². The first-order valence-electron chi connectivity index (χ1n) is 6.15. The van der Waals surface area contributed by atoms with Gasteiger partial charge in [0.05, 0.1) is 11.4 Å². The van der Waals surface area contributed by atoms with Crippen molar-refractivity contribution in [2.75, 3.05) is 0 Å². The normalized spacial score (nSPS) is 10.4. The van der Waals surface area contributed by atoms with Crippen LogP contribution in [0.3, 0.4) is 0 Å². The number of nitrogens with one attached hydrogen (secondary N) is 1. The van der Waals surface area contributed by atoms with E-state index in [2.05, 4.69) is 9.97 Å². The Bertz CT molecular complexity index is 727. The monoisotopic (exact) mass is 308 g/mol. The van der Waals surface area contributed by atoms with Crippen LogP contribution in [0.15, 0.2) is 29.1 Å². The van der Waals surface area contributed by atoms with E-state index in [1.165, 1.54) is 0 Å². The van der Waals surface area contributed by atoms with Gasteiger partial charge in [-0.05, 0) is 19.1 Å². The second-order valence-corrected chi connectivity index (χ2v) is 4.77. The number of benzene rings is 1. The number of carboxylic acids is 1. The summed E-state index contributed by atoms with van der Waals surface area (Å²) in [6.45, 7) is 1.62. The van der Waals surface area contributed by atoms with Gasteiger partial charge >= 0.3 is 5.97 Å². The van der Waals surface area contributed by atoms with Crippen molar-refractivity contribution >= 4 is 17.6 Å². The summed E-state index contributed by atoms with van der Waals surface area (Å²) in [6.07, 6.45) is -0.361. The molecule has 1 heterocycles. The molecule has 0 amide bonds. The Morgan fingerprint density at radius 1 is 1.43 bits per heavy atom. The van der Waals surface area contributed by atoms with Crippen LogP contribution in [0.5, 0.6) is 5.75 Å². The van der Waals surface area contributed by atoms with E-state index in [0.717, 1.165) is 0 Å². The standard InChI is InChI=1S/C14H13ClN2O4/c1-8-9(6-13(18)19)14(20)17-12(16-8)7-21-11-5-3-2-4-10(11)15/h2-5H,6-7H2,1H3,(H,18,19)(H,16,17,20). The Hall–Kier alpha value is -2.34. The van der Waals surface area contributed by atoms with Crippen LogP contribution in [0.1, 0.15) is 17.1 Å². The van der Waals surface area contributed by atoms with E-state index in [9.17, 15) is 9.59 Å². The summed E-state index contributed by atoms with van der Waals surface area (Å²) in [5, 5.41) is 9.21. The summed E-state index contributed by atoms with van der Waals surface area (Å²) in [5.41, 5.74) is 0.0468. The van der Waals surface area contributed by atoms with Crippen molar-refractivity contribution in [1.29, 1.82) is 0 Å². The zero-order valence-corrected chi connectivity index (χ0v) is 12.0. The number of aryl methyl sites for hydroxylation is 1. The molecule has 0 fully saturated rings. The van der Waals surface area contributed by atoms with Crippen LogP contribution in [0.25, 0.3) is 0 Å². The summed E-state index contributed by atoms with van der Waals surface area (Å²) in [5.74, 6) is -0.286. The Labute approximate surface area is 125 Å². The number of carbonyl (C=O) groups is 1. The number of rotatable bonds is 5. The Balaban J connectivity index is 2.17. The van der Waals surface area contributed by atoms with Crippen molar-refractivity contribution in [3.63, 3.8) is 0 Å². The summed E-state index contributed by atoms with van der Waals surface area (Å²) in [7, 11) is 0. The van der Waals surface area contributed by atoms with Crippen LogP contribution in [-0.2, 0) is 17.8 Å². The number of hydrogen-bond donors (Lipinski definition) is 2. The van der Waals surface area contributed by atoms with Crippen LogP contribution in [0.4, 0.5) is 0 Å². The maximum absolute atomic E-state index is 11.8. The number of carboxylic acid groups (broad SMARTS) is 1. The van der Waals surface area contributed by atoms with Gasteiger partial charge in [-0.3, -0.25) is 9.59 Å². The van der Waals surface area contributed by atoms with Crippen molar-refractivity contribution in [3.05, 3.63) is 56.7 Å².